The third-order valence-corrected chi connectivity index (χ3v) is 3.63. The number of amides is 1. The molecule has 0 aromatic carbocycles. The fourth-order valence-corrected chi connectivity index (χ4v) is 2.59. The van der Waals surface area contributed by atoms with Crippen molar-refractivity contribution in [2.45, 2.75) is 45.8 Å². The van der Waals surface area contributed by atoms with Gasteiger partial charge in [0.15, 0.2) is 0 Å². The van der Waals surface area contributed by atoms with E-state index in [0.717, 1.165) is 31.7 Å². The molecule has 118 valence electrons. The van der Waals surface area contributed by atoms with Gasteiger partial charge in [0.2, 0.25) is 5.91 Å². The Morgan fingerprint density at radius 1 is 1.52 bits per heavy atom. The zero-order valence-corrected chi connectivity index (χ0v) is 13.0. The molecule has 0 bridgehead atoms. The van der Waals surface area contributed by atoms with Crippen LogP contribution < -0.4 is 5.32 Å². The first-order valence-corrected chi connectivity index (χ1v) is 7.67. The van der Waals surface area contributed by atoms with Gasteiger partial charge in [0.05, 0.1) is 25.5 Å². The summed E-state index contributed by atoms with van der Waals surface area (Å²) >= 11 is 0. The Morgan fingerprint density at radius 3 is 3.14 bits per heavy atom. The van der Waals surface area contributed by atoms with E-state index in [1.54, 1.807) is 7.11 Å². The lowest BCUT2D eigenvalue weighted by Crippen LogP contribution is -2.27. The van der Waals surface area contributed by atoms with Crippen LogP contribution in [0.3, 0.4) is 0 Å². The van der Waals surface area contributed by atoms with Crippen molar-refractivity contribution in [3.05, 3.63) is 17.0 Å². The molecule has 2 rings (SSSR count). The Bertz CT molecular complexity index is 471. The number of rotatable bonds is 8. The van der Waals surface area contributed by atoms with Crippen LogP contribution in [0.25, 0.3) is 0 Å². The molecular weight excluding hydrogens is 270 g/mol. The van der Waals surface area contributed by atoms with E-state index in [1.807, 2.05) is 0 Å². The number of fused-ring (bicyclic) bond motifs is 1. The normalized spacial score (nSPS) is 14.0. The maximum Gasteiger partial charge on any atom is 0.220 e. The smallest absolute Gasteiger partial charge is 0.220 e. The van der Waals surface area contributed by atoms with Gasteiger partial charge in [0.1, 0.15) is 0 Å². The molecule has 0 unspecified atom stereocenters. The Balaban J connectivity index is 1.95. The van der Waals surface area contributed by atoms with Gasteiger partial charge in [-0.25, -0.2) is 0 Å². The van der Waals surface area contributed by atoms with Crippen LogP contribution >= 0.6 is 0 Å². The molecule has 0 fully saturated rings. The van der Waals surface area contributed by atoms with Crippen LogP contribution in [-0.4, -0.2) is 42.6 Å². The van der Waals surface area contributed by atoms with E-state index >= 15 is 0 Å². The monoisotopic (exact) mass is 295 g/mol. The lowest BCUT2D eigenvalue weighted by molar-refractivity contribution is -0.121. The largest absolute Gasteiger partial charge is 0.383 e. The number of aryl methyl sites for hydroxylation is 2. The van der Waals surface area contributed by atoms with Gasteiger partial charge >= 0.3 is 0 Å². The van der Waals surface area contributed by atoms with Crippen molar-refractivity contribution < 1.29 is 14.3 Å². The molecule has 1 aromatic heterocycles. The summed E-state index contributed by atoms with van der Waals surface area (Å²) < 4.78 is 12.5. The summed E-state index contributed by atoms with van der Waals surface area (Å²) in [6.45, 7) is 5.57. The molecule has 1 aliphatic rings. The zero-order valence-electron chi connectivity index (χ0n) is 13.0. The van der Waals surface area contributed by atoms with Crippen LogP contribution in [0.15, 0.2) is 0 Å². The number of nitrogens with one attached hydrogen (secondary N) is 1. The number of aromatic nitrogens is 2. The van der Waals surface area contributed by atoms with E-state index < -0.39 is 0 Å². The third kappa shape index (κ3) is 4.28. The minimum Gasteiger partial charge on any atom is -0.383 e. The van der Waals surface area contributed by atoms with Crippen molar-refractivity contribution in [1.82, 2.24) is 15.1 Å². The predicted octanol–water partition coefficient (Wildman–Crippen LogP) is 1.06. The molecule has 6 nitrogen and oxygen atoms in total. The van der Waals surface area contributed by atoms with E-state index in [1.165, 1.54) is 11.3 Å². The second-order valence-corrected chi connectivity index (χ2v) is 5.24. The number of hydrogen-bond donors (Lipinski definition) is 1. The first kappa shape index (κ1) is 16.0. The highest BCUT2D eigenvalue weighted by Crippen LogP contribution is 2.22. The number of hydrogen-bond acceptors (Lipinski definition) is 4. The number of nitrogens with zero attached hydrogens (tertiary/aromatic N) is 2. The minimum atomic E-state index is 0.0440. The van der Waals surface area contributed by atoms with Crippen molar-refractivity contribution in [3.63, 3.8) is 0 Å². The summed E-state index contributed by atoms with van der Waals surface area (Å²) in [6.07, 6.45) is 3.11. The highest BCUT2D eigenvalue weighted by Gasteiger charge is 2.21. The quantitative estimate of drug-likeness (QED) is 0.728. The van der Waals surface area contributed by atoms with Gasteiger partial charge in [-0.1, -0.05) is 6.92 Å². The van der Waals surface area contributed by atoms with Gasteiger partial charge in [0.25, 0.3) is 0 Å². The summed E-state index contributed by atoms with van der Waals surface area (Å²) in [5.74, 6) is 0.0440. The Kier molecular flexibility index (Phi) is 6.20. The summed E-state index contributed by atoms with van der Waals surface area (Å²) in [6, 6.07) is 0. The van der Waals surface area contributed by atoms with Crippen LogP contribution in [-0.2, 0) is 40.3 Å². The average Bonchev–Trinajstić information content (AvgIpc) is 2.84. The van der Waals surface area contributed by atoms with Crippen molar-refractivity contribution in [1.29, 1.82) is 0 Å². The average molecular weight is 295 g/mol. The van der Waals surface area contributed by atoms with Crippen molar-refractivity contribution >= 4 is 5.91 Å². The summed E-state index contributed by atoms with van der Waals surface area (Å²) in [5, 5.41) is 7.52. The molecule has 1 amide bonds. The highest BCUT2D eigenvalue weighted by molar-refractivity contribution is 5.76. The molecule has 0 saturated carbocycles. The van der Waals surface area contributed by atoms with Crippen molar-refractivity contribution in [3.8, 4) is 0 Å². The summed E-state index contributed by atoms with van der Waals surface area (Å²) in [7, 11) is 1.62. The van der Waals surface area contributed by atoms with Gasteiger partial charge in [-0.3, -0.25) is 9.48 Å². The first-order chi connectivity index (χ1) is 10.3. The molecule has 21 heavy (non-hydrogen) atoms. The van der Waals surface area contributed by atoms with E-state index in [9.17, 15) is 4.79 Å². The predicted molar refractivity (Wildman–Crippen MR) is 79.1 cm³/mol. The minimum absolute atomic E-state index is 0.0440. The van der Waals surface area contributed by atoms with Crippen LogP contribution in [0.4, 0.5) is 0 Å². The fraction of sp³-hybridized carbons (Fsp3) is 0.733. The second kappa shape index (κ2) is 8.14. The van der Waals surface area contributed by atoms with E-state index in [4.69, 9.17) is 9.47 Å². The number of methoxy groups -OCH3 is 1. The number of ether oxygens (including phenoxy) is 2. The maximum absolute atomic E-state index is 11.8. The van der Waals surface area contributed by atoms with Crippen LogP contribution in [0.2, 0.25) is 0 Å². The third-order valence-electron chi connectivity index (χ3n) is 3.63. The Morgan fingerprint density at radius 2 is 2.38 bits per heavy atom. The maximum atomic E-state index is 11.8. The van der Waals surface area contributed by atoms with Gasteiger partial charge in [-0.05, 0) is 6.42 Å². The molecule has 0 spiro atoms. The Labute approximate surface area is 125 Å². The lowest BCUT2D eigenvalue weighted by Gasteiger charge is -2.14. The van der Waals surface area contributed by atoms with Crippen LogP contribution in [0.5, 0.6) is 0 Å². The van der Waals surface area contributed by atoms with E-state index in [0.29, 0.717) is 32.6 Å². The molecule has 6 heteroatoms. The molecule has 0 radical (unpaired) electrons. The lowest BCUT2D eigenvalue weighted by atomic mass is 10.1. The van der Waals surface area contributed by atoms with Gasteiger partial charge in [0, 0.05) is 50.7 Å². The van der Waals surface area contributed by atoms with Gasteiger partial charge in [-0.2, -0.15) is 5.10 Å². The van der Waals surface area contributed by atoms with E-state index in [-0.39, 0.29) is 5.91 Å². The molecular formula is C15H25N3O3. The SMILES string of the molecule is CCCn1nc(CCC(=O)NCCOC)c2c1CCOC2. The van der Waals surface area contributed by atoms with Gasteiger partial charge < -0.3 is 14.8 Å². The summed E-state index contributed by atoms with van der Waals surface area (Å²) in [5.41, 5.74) is 3.50. The molecule has 0 aliphatic carbocycles. The molecule has 2 heterocycles. The topological polar surface area (TPSA) is 65.4 Å². The zero-order chi connectivity index (χ0) is 15.1. The van der Waals surface area contributed by atoms with Crippen LogP contribution in [0.1, 0.15) is 36.7 Å². The molecule has 1 aliphatic heterocycles. The Hall–Kier alpha value is -1.40. The molecule has 0 saturated heterocycles. The van der Waals surface area contributed by atoms with Crippen molar-refractivity contribution in [2.75, 3.05) is 26.9 Å². The fourth-order valence-electron chi connectivity index (χ4n) is 2.59. The van der Waals surface area contributed by atoms with Crippen molar-refractivity contribution in [2.24, 2.45) is 0 Å². The molecule has 0 atom stereocenters. The number of carbonyl (C=O) groups excluding carboxylic acids is 1. The molecule has 1 N–H and O–H groups in total. The number of carbonyl (C=O) groups is 1. The standard InChI is InChI=1S/C15H25N3O3/c1-3-8-18-14-6-9-21-11-12(14)13(17-18)4-5-15(19)16-7-10-20-2/h3-11H2,1-2H3,(H,16,19). The summed E-state index contributed by atoms with van der Waals surface area (Å²) in [4.78, 5) is 11.8. The highest BCUT2D eigenvalue weighted by atomic mass is 16.5. The first-order valence-electron chi connectivity index (χ1n) is 7.67. The van der Waals surface area contributed by atoms with Gasteiger partial charge in [-0.15, -0.1) is 0 Å². The molecule has 1 aromatic rings. The van der Waals surface area contributed by atoms with Crippen LogP contribution in [0, 0.1) is 0 Å². The van der Waals surface area contributed by atoms with E-state index in [2.05, 4.69) is 22.0 Å². The second-order valence-electron chi connectivity index (χ2n) is 5.24.